The number of aliphatic hydroxyl groups excluding tert-OH is 2. The molecule has 5 heteroatoms. The number of hydrogen-bond donors (Lipinski definition) is 3. The molecule has 0 saturated heterocycles. The second-order valence-electron chi connectivity index (χ2n) is 4.60. The molecule has 5 nitrogen and oxygen atoms in total. The predicted octanol–water partition coefficient (Wildman–Crippen LogP) is 0.690. The van der Waals surface area contributed by atoms with Crippen LogP contribution in [0.1, 0.15) is 28.4 Å². The first-order valence-electron chi connectivity index (χ1n) is 6.27. The van der Waals surface area contributed by atoms with Gasteiger partial charge in [-0.1, -0.05) is 6.07 Å². The lowest BCUT2D eigenvalue weighted by Gasteiger charge is -2.21. The van der Waals surface area contributed by atoms with Gasteiger partial charge in [0.05, 0.1) is 18.8 Å². The van der Waals surface area contributed by atoms with Crippen molar-refractivity contribution in [2.75, 3.05) is 26.3 Å². The number of carbonyl (C=O) groups excluding carboxylic acids is 1. The van der Waals surface area contributed by atoms with E-state index in [1.54, 1.807) is 6.07 Å². The number of nitrogens with zero attached hydrogens (tertiary/aromatic N) is 1. The van der Waals surface area contributed by atoms with E-state index in [-0.39, 0.29) is 24.7 Å². The minimum atomic E-state index is -0.182. The van der Waals surface area contributed by atoms with E-state index in [0.717, 1.165) is 5.56 Å². The van der Waals surface area contributed by atoms with Gasteiger partial charge in [0.2, 0.25) is 0 Å². The van der Waals surface area contributed by atoms with Crippen LogP contribution < -0.4 is 0 Å². The van der Waals surface area contributed by atoms with Crippen molar-refractivity contribution in [3.63, 3.8) is 0 Å². The van der Waals surface area contributed by atoms with Crippen LogP contribution in [0, 0.1) is 6.92 Å². The molecule has 0 fully saturated rings. The van der Waals surface area contributed by atoms with Gasteiger partial charge in [0.1, 0.15) is 5.75 Å². The lowest BCUT2D eigenvalue weighted by atomic mass is 10.0. The Labute approximate surface area is 113 Å². The number of ketones is 1. The summed E-state index contributed by atoms with van der Waals surface area (Å²) in [4.78, 5) is 13.3. The molecule has 0 bridgehead atoms. The fourth-order valence-electron chi connectivity index (χ4n) is 2.04. The van der Waals surface area contributed by atoms with E-state index in [0.29, 0.717) is 30.8 Å². The zero-order chi connectivity index (χ0) is 14.4. The minimum absolute atomic E-state index is 0.0148. The third-order valence-electron chi connectivity index (χ3n) is 2.94. The predicted molar refractivity (Wildman–Crippen MR) is 72.3 cm³/mol. The molecule has 1 aromatic carbocycles. The Bertz CT molecular complexity index is 439. The van der Waals surface area contributed by atoms with Crippen LogP contribution in [0.15, 0.2) is 12.1 Å². The van der Waals surface area contributed by atoms with E-state index in [1.807, 2.05) is 17.9 Å². The average molecular weight is 267 g/mol. The van der Waals surface area contributed by atoms with Crippen LogP contribution in [0.4, 0.5) is 0 Å². The number of aromatic hydroxyl groups is 1. The Kier molecular flexibility index (Phi) is 5.95. The van der Waals surface area contributed by atoms with E-state index in [2.05, 4.69) is 0 Å². The van der Waals surface area contributed by atoms with Crippen LogP contribution in [0.5, 0.6) is 5.75 Å². The van der Waals surface area contributed by atoms with Crippen molar-refractivity contribution in [3.05, 3.63) is 28.8 Å². The van der Waals surface area contributed by atoms with E-state index in [9.17, 15) is 9.90 Å². The molecule has 0 amide bonds. The van der Waals surface area contributed by atoms with Crippen molar-refractivity contribution in [3.8, 4) is 5.75 Å². The number of aliphatic hydroxyl groups is 2. The largest absolute Gasteiger partial charge is 0.507 e. The fourth-order valence-corrected chi connectivity index (χ4v) is 2.04. The third-order valence-corrected chi connectivity index (χ3v) is 2.94. The summed E-state index contributed by atoms with van der Waals surface area (Å²) in [5, 5.41) is 28.0. The van der Waals surface area contributed by atoms with Gasteiger partial charge in [0.25, 0.3) is 0 Å². The molecular formula is C14H21NO4. The minimum Gasteiger partial charge on any atom is -0.507 e. The van der Waals surface area contributed by atoms with Crippen LogP contribution in [0.3, 0.4) is 0 Å². The molecule has 0 spiro atoms. The maximum atomic E-state index is 11.5. The quantitative estimate of drug-likeness (QED) is 0.633. The molecule has 0 aliphatic heterocycles. The monoisotopic (exact) mass is 267 g/mol. The van der Waals surface area contributed by atoms with Crippen LogP contribution in [-0.4, -0.2) is 52.3 Å². The van der Waals surface area contributed by atoms with Gasteiger partial charge in [-0.05, 0) is 25.5 Å². The lowest BCUT2D eigenvalue weighted by Crippen LogP contribution is -2.29. The maximum Gasteiger partial charge on any atom is 0.163 e. The molecule has 0 aromatic heterocycles. The first kappa shape index (κ1) is 15.6. The number of phenolic OH excluding ortho intramolecular Hbond substituents is 1. The highest BCUT2D eigenvalue weighted by Gasteiger charge is 2.14. The van der Waals surface area contributed by atoms with E-state index in [4.69, 9.17) is 10.2 Å². The van der Waals surface area contributed by atoms with Crippen molar-refractivity contribution >= 4 is 5.78 Å². The Morgan fingerprint density at radius 1 is 1.21 bits per heavy atom. The smallest absolute Gasteiger partial charge is 0.163 e. The highest BCUT2D eigenvalue weighted by Crippen LogP contribution is 2.26. The molecule has 0 unspecified atom stereocenters. The van der Waals surface area contributed by atoms with Crippen LogP contribution in [0.2, 0.25) is 0 Å². The standard InChI is InChI=1S/C14H21NO4/c1-10-7-12(9-15(3-5-16)4-6-17)14(19)13(8-10)11(2)18/h7-8,16-17,19H,3-6,9H2,1-2H3. The van der Waals surface area contributed by atoms with Crippen molar-refractivity contribution in [2.24, 2.45) is 0 Å². The summed E-state index contributed by atoms with van der Waals surface area (Å²) in [5.74, 6) is -0.197. The Hall–Kier alpha value is -1.43. The highest BCUT2D eigenvalue weighted by atomic mass is 16.3. The molecule has 0 aliphatic rings. The number of phenols is 1. The zero-order valence-electron chi connectivity index (χ0n) is 11.4. The summed E-state index contributed by atoms with van der Waals surface area (Å²) in [6.45, 7) is 4.43. The fraction of sp³-hybridized carbons (Fsp3) is 0.500. The van der Waals surface area contributed by atoms with Gasteiger partial charge in [-0.3, -0.25) is 9.69 Å². The topological polar surface area (TPSA) is 81.0 Å². The number of carbonyl (C=O) groups is 1. The molecule has 3 N–H and O–H groups in total. The summed E-state index contributed by atoms with van der Waals surface area (Å²) in [5.41, 5.74) is 1.83. The molecule has 1 rings (SSSR count). The highest BCUT2D eigenvalue weighted by molar-refractivity contribution is 5.97. The number of rotatable bonds is 7. The Morgan fingerprint density at radius 3 is 2.26 bits per heavy atom. The van der Waals surface area contributed by atoms with Gasteiger partial charge in [-0.25, -0.2) is 0 Å². The first-order valence-corrected chi connectivity index (χ1v) is 6.27. The number of benzene rings is 1. The number of hydrogen-bond acceptors (Lipinski definition) is 5. The third kappa shape index (κ3) is 4.31. The van der Waals surface area contributed by atoms with Gasteiger partial charge in [-0.15, -0.1) is 0 Å². The average Bonchev–Trinajstić information content (AvgIpc) is 2.33. The van der Waals surface area contributed by atoms with E-state index < -0.39 is 0 Å². The summed E-state index contributed by atoms with van der Waals surface area (Å²) >= 11 is 0. The lowest BCUT2D eigenvalue weighted by molar-refractivity contribution is 0.101. The SMILES string of the molecule is CC(=O)c1cc(C)cc(CN(CCO)CCO)c1O. The molecule has 0 aliphatic carbocycles. The second kappa shape index (κ2) is 7.23. The molecule has 0 saturated carbocycles. The summed E-state index contributed by atoms with van der Waals surface area (Å²) < 4.78 is 0. The van der Waals surface area contributed by atoms with Gasteiger partial charge >= 0.3 is 0 Å². The zero-order valence-corrected chi connectivity index (χ0v) is 11.4. The van der Waals surface area contributed by atoms with Crippen LogP contribution >= 0.6 is 0 Å². The normalized spacial score (nSPS) is 11.0. The first-order chi connectivity index (χ1) is 8.99. The Balaban J connectivity index is 3.02. The summed E-state index contributed by atoms with van der Waals surface area (Å²) in [6, 6.07) is 3.47. The van der Waals surface area contributed by atoms with Crippen LogP contribution in [0.25, 0.3) is 0 Å². The molecule has 0 atom stereocenters. The Morgan fingerprint density at radius 2 is 1.79 bits per heavy atom. The molecule has 19 heavy (non-hydrogen) atoms. The van der Waals surface area contributed by atoms with Gasteiger partial charge in [-0.2, -0.15) is 0 Å². The number of aryl methyl sites for hydroxylation is 1. The van der Waals surface area contributed by atoms with Crippen LogP contribution in [-0.2, 0) is 6.54 Å². The molecule has 0 heterocycles. The van der Waals surface area contributed by atoms with Crippen molar-refractivity contribution in [1.29, 1.82) is 0 Å². The number of Topliss-reactive ketones (excluding diaryl/α,β-unsaturated/α-hetero) is 1. The summed E-state index contributed by atoms with van der Waals surface area (Å²) in [6.07, 6.45) is 0. The van der Waals surface area contributed by atoms with Crippen molar-refractivity contribution < 1.29 is 20.1 Å². The molecule has 1 aromatic rings. The molecule has 0 radical (unpaired) electrons. The van der Waals surface area contributed by atoms with E-state index >= 15 is 0 Å². The van der Waals surface area contributed by atoms with Gasteiger partial charge in [0.15, 0.2) is 5.78 Å². The molecule has 106 valence electrons. The summed E-state index contributed by atoms with van der Waals surface area (Å²) in [7, 11) is 0. The maximum absolute atomic E-state index is 11.5. The van der Waals surface area contributed by atoms with Crippen molar-refractivity contribution in [2.45, 2.75) is 20.4 Å². The van der Waals surface area contributed by atoms with Gasteiger partial charge in [0, 0.05) is 25.2 Å². The van der Waals surface area contributed by atoms with E-state index in [1.165, 1.54) is 6.92 Å². The van der Waals surface area contributed by atoms with Crippen molar-refractivity contribution in [1.82, 2.24) is 4.90 Å². The molecular weight excluding hydrogens is 246 g/mol. The van der Waals surface area contributed by atoms with Gasteiger partial charge < -0.3 is 15.3 Å². The second-order valence-corrected chi connectivity index (χ2v) is 4.60.